The van der Waals surface area contributed by atoms with Gasteiger partial charge in [-0.2, -0.15) is 5.10 Å². The molecule has 1 aromatic heterocycles. The van der Waals surface area contributed by atoms with Gasteiger partial charge in [0, 0.05) is 10.6 Å². The normalized spacial score (nSPS) is 10.9. The molecule has 0 aliphatic rings. The van der Waals surface area contributed by atoms with Gasteiger partial charge in [0.2, 0.25) is 0 Å². The average molecular weight is 464 g/mol. The van der Waals surface area contributed by atoms with Gasteiger partial charge in [0.1, 0.15) is 5.15 Å². The second kappa shape index (κ2) is 9.71. The van der Waals surface area contributed by atoms with Gasteiger partial charge >= 0.3 is 10.8 Å². The van der Waals surface area contributed by atoms with E-state index >= 15 is 0 Å². The lowest BCUT2D eigenvalue weighted by Gasteiger charge is -2.06. The SMILES string of the molecule is COC(=O)c1cccc(Cn2c(Cl)c(C=NNC(=O)c3ccc(Cl)cc3)sc2=O)c1. The van der Waals surface area contributed by atoms with E-state index in [-0.39, 0.29) is 16.6 Å². The van der Waals surface area contributed by atoms with Crippen LogP contribution in [0.25, 0.3) is 0 Å². The maximum Gasteiger partial charge on any atom is 0.337 e. The van der Waals surface area contributed by atoms with Crippen molar-refractivity contribution in [1.29, 1.82) is 0 Å². The van der Waals surface area contributed by atoms with E-state index in [4.69, 9.17) is 27.9 Å². The summed E-state index contributed by atoms with van der Waals surface area (Å²) in [6.07, 6.45) is 1.31. The van der Waals surface area contributed by atoms with Crippen molar-refractivity contribution in [2.45, 2.75) is 6.54 Å². The molecule has 0 saturated carbocycles. The molecule has 154 valence electrons. The summed E-state index contributed by atoms with van der Waals surface area (Å²) in [4.78, 5) is 36.2. The zero-order valence-electron chi connectivity index (χ0n) is 15.6. The Labute approximate surface area is 185 Å². The number of nitrogens with one attached hydrogen (secondary N) is 1. The number of amides is 1. The van der Waals surface area contributed by atoms with Gasteiger partial charge in [-0.05, 0) is 42.0 Å². The summed E-state index contributed by atoms with van der Waals surface area (Å²) < 4.78 is 6.06. The van der Waals surface area contributed by atoms with Crippen molar-refractivity contribution in [2.75, 3.05) is 7.11 Å². The number of benzene rings is 2. The van der Waals surface area contributed by atoms with E-state index < -0.39 is 11.9 Å². The second-order valence-corrected chi connectivity index (χ2v) is 7.79. The van der Waals surface area contributed by atoms with Gasteiger partial charge in [0.05, 0.1) is 30.3 Å². The summed E-state index contributed by atoms with van der Waals surface area (Å²) in [7, 11) is 1.30. The van der Waals surface area contributed by atoms with Crippen LogP contribution in [0.3, 0.4) is 0 Å². The molecule has 0 bridgehead atoms. The van der Waals surface area contributed by atoms with Crippen LogP contribution in [0, 0.1) is 0 Å². The number of aromatic nitrogens is 1. The number of hydrogen-bond donors (Lipinski definition) is 1. The largest absolute Gasteiger partial charge is 0.465 e. The van der Waals surface area contributed by atoms with Crippen LogP contribution in [0.2, 0.25) is 10.2 Å². The van der Waals surface area contributed by atoms with Crippen molar-refractivity contribution in [3.05, 3.63) is 89.9 Å². The summed E-state index contributed by atoms with van der Waals surface area (Å²) >= 11 is 13.0. The van der Waals surface area contributed by atoms with Crippen molar-refractivity contribution in [3.8, 4) is 0 Å². The fourth-order valence-corrected chi connectivity index (χ4v) is 3.76. The lowest BCUT2D eigenvalue weighted by molar-refractivity contribution is 0.0600. The van der Waals surface area contributed by atoms with Crippen LogP contribution in [0.1, 0.15) is 31.2 Å². The molecule has 0 fully saturated rings. The molecule has 0 aliphatic carbocycles. The summed E-state index contributed by atoms with van der Waals surface area (Å²) in [6.45, 7) is 0.171. The molecule has 0 spiro atoms. The molecule has 1 heterocycles. The van der Waals surface area contributed by atoms with Gasteiger partial charge in [-0.1, -0.05) is 46.7 Å². The second-order valence-electron chi connectivity index (χ2n) is 6.01. The number of halogens is 2. The molecule has 3 aromatic rings. The summed E-state index contributed by atoms with van der Waals surface area (Å²) in [5, 5.41) is 4.56. The number of ether oxygens (including phenoxy) is 1. The zero-order valence-corrected chi connectivity index (χ0v) is 17.9. The highest BCUT2D eigenvalue weighted by molar-refractivity contribution is 7.11. The number of hydrogen-bond acceptors (Lipinski definition) is 6. The molecule has 30 heavy (non-hydrogen) atoms. The standard InChI is InChI=1S/C20H15Cl2N3O4S/c1-29-19(27)14-4-2-3-12(9-14)11-25-17(22)16(30-20(25)28)10-23-24-18(26)13-5-7-15(21)8-6-13/h2-10H,11H2,1H3,(H,24,26). The quantitative estimate of drug-likeness (QED) is 0.341. The van der Waals surface area contributed by atoms with Crippen molar-refractivity contribution >= 4 is 52.6 Å². The first-order chi connectivity index (χ1) is 14.4. The molecule has 2 aromatic carbocycles. The number of carbonyl (C=O) groups excluding carboxylic acids is 2. The van der Waals surface area contributed by atoms with Crippen molar-refractivity contribution in [2.24, 2.45) is 5.10 Å². The molecule has 10 heteroatoms. The van der Waals surface area contributed by atoms with E-state index in [1.165, 1.54) is 17.9 Å². The average Bonchev–Trinajstić information content (AvgIpc) is 3.01. The summed E-state index contributed by atoms with van der Waals surface area (Å²) in [5.41, 5.74) is 3.84. The summed E-state index contributed by atoms with van der Waals surface area (Å²) in [5.74, 6) is -0.893. The molecule has 0 saturated heterocycles. The minimum absolute atomic E-state index is 0.171. The lowest BCUT2D eigenvalue weighted by atomic mass is 10.1. The van der Waals surface area contributed by atoms with E-state index in [2.05, 4.69) is 10.5 Å². The maximum absolute atomic E-state index is 12.3. The van der Waals surface area contributed by atoms with Gasteiger partial charge in [0.15, 0.2) is 0 Å². The number of carbonyl (C=O) groups is 2. The van der Waals surface area contributed by atoms with Crippen molar-refractivity contribution in [1.82, 2.24) is 9.99 Å². The van der Waals surface area contributed by atoms with Gasteiger partial charge in [-0.15, -0.1) is 0 Å². The fraction of sp³-hybridized carbons (Fsp3) is 0.100. The first-order valence-corrected chi connectivity index (χ1v) is 10.1. The third kappa shape index (κ3) is 5.15. The molecular weight excluding hydrogens is 449 g/mol. The van der Waals surface area contributed by atoms with Crippen LogP contribution in [0.5, 0.6) is 0 Å². The highest BCUT2D eigenvalue weighted by Gasteiger charge is 2.13. The lowest BCUT2D eigenvalue weighted by Crippen LogP contribution is -2.17. The van der Waals surface area contributed by atoms with E-state index in [1.807, 2.05) is 0 Å². The van der Waals surface area contributed by atoms with Gasteiger partial charge in [-0.25, -0.2) is 10.2 Å². The van der Waals surface area contributed by atoms with Gasteiger partial charge in [-0.3, -0.25) is 14.2 Å². The smallest absolute Gasteiger partial charge is 0.337 e. The Balaban J connectivity index is 1.73. The molecule has 0 aliphatic heterocycles. The first-order valence-electron chi connectivity index (χ1n) is 8.54. The Morgan fingerprint density at radius 3 is 2.60 bits per heavy atom. The van der Waals surface area contributed by atoms with E-state index in [0.717, 1.165) is 11.3 Å². The Hall–Kier alpha value is -2.94. The molecule has 3 rings (SSSR count). The van der Waals surface area contributed by atoms with E-state index in [1.54, 1.807) is 48.5 Å². The highest BCUT2D eigenvalue weighted by Crippen LogP contribution is 2.19. The third-order valence-electron chi connectivity index (χ3n) is 4.00. The molecule has 0 atom stereocenters. The molecule has 1 amide bonds. The van der Waals surface area contributed by atoms with Gasteiger partial charge in [0.25, 0.3) is 5.91 Å². The Morgan fingerprint density at radius 2 is 1.90 bits per heavy atom. The van der Waals surface area contributed by atoms with E-state index in [0.29, 0.717) is 26.6 Å². The van der Waals surface area contributed by atoms with Crippen LogP contribution >= 0.6 is 34.5 Å². The fourth-order valence-electron chi connectivity index (χ4n) is 2.53. The van der Waals surface area contributed by atoms with Crippen LogP contribution in [-0.4, -0.2) is 29.8 Å². The van der Waals surface area contributed by atoms with Crippen molar-refractivity contribution in [3.63, 3.8) is 0 Å². The highest BCUT2D eigenvalue weighted by atomic mass is 35.5. The molecular formula is C20H15Cl2N3O4S. The van der Waals surface area contributed by atoms with Crippen molar-refractivity contribution < 1.29 is 14.3 Å². The van der Waals surface area contributed by atoms with Gasteiger partial charge < -0.3 is 4.74 Å². The maximum atomic E-state index is 12.3. The molecule has 7 nitrogen and oxygen atoms in total. The number of hydrazone groups is 1. The number of esters is 1. The predicted octanol–water partition coefficient (Wildman–Crippen LogP) is 3.82. The summed E-state index contributed by atoms with van der Waals surface area (Å²) in [6, 6.07) is 13.0. The number of thiazole rings is 1. The van der Waals surface area contributed by atoms with Crippen LogP contribution in [-0.2, 0) is 11.3 Å². The Kier molecular flexibility index (Phi) is 7.04. The van der Waals surface area contributed by atoms with Crippen LogP contribution in [0.15, 0.2) is 58.4 Å². The molecule has 1 N–H and O–H groups in total. The zero-order chi connectivity index (χ0) is 21.7. The van der Waals surface area contributed by atoms with E-state index in [9.17, 15) is 14.4 Å². The molecule has 0 radical (unpaired) electrons. The minimum atomic E-state index is -0.468. The predicted molar refractivity (Wildman–Crippen MR) is 117 cm³/mol. The Bertz CT molecular complexity index is 1170. The minimum Gasteiger partial charge on any atom is -0.465 e. The topological polar surface area (TPSA) is 89.8 Å². The van der Waals surface area contributed by atoms with Crippen LogP contribution in [0.4, 0.5) is 0 Å². The first kappa shape index (κ1) is 21.8. The number of methoxy groups -OCH3 is 1. The third-order valence-corrected chi connectivity index (χ3v) is 5.69. The Morgan fingerprint density at radius 1 is 1.17 bits per heavy atom. The number of rotatable bonds is 6. The molecule has 0 unspecified atom stereocenters. The number of nitrogens with zero attached hydrogens (tertiary/aromatic N) is 2. The van der Waals surface area contributed by atoms with Crippen LogP contribution < -0.4 is 10.3 Å². The monoisotopic (exact) mass is 463 g/mol.